The molecule has 1 nitrogen and oxygen atoms in total. The van der Waals surface area contributed by atoms with Crippen molar-refractivity contribution in [2.24, 2.45) is 5.92 Å². The molecular formula is C31H33N. The standard InChI is InChI=1S/C31H33N/c1-5-21-11-10-12-26-22(6-2)17-24(19-27(21)26)23-14-15-29(31(4)20-25(31)7-3)28(18-23)30-13-8-9-16-32-30/h5,8-9,11,13-19,25H,1,6-7,10,12,20H2,2-4H3. The normalized spacial score (nSPS) is 21.6. The van der Waals surface area contributed by atoms with Gasteiger partial charge in [0.25, 0.3) is 0 Å². The maximum Gasteiger partial charge on any atom is 0.0705 e. The van der Waals surface area contributed by atoms with Crippen molar-refractivity contribution in [2.75, 3.05) is 0 Å². The van der Waals surface area contributed by atoms with Crippen LogP contribution in [0.15, 0.2) is 73.5 Å². The van der Waals surface area contributed by atoms with E-state index in [0.717, 1.165) is 30.9 Å². The van der Waals surface area contributed by atoms with Crippen molar-refractivity contribution in [3.8, 4) is 22.4 Å². The predicted molar refractivity (Wildman–Crippen MR) is 137 cm³/mol. The van der Waals surface area contributed by atoms with Gasteiger partial charge in [0.2, 0.25) is 0 Å². The first-order chi connectivity index (χ1) is 15.6. The highest BCUT2D eigenvalue weighted by Crippen LogP contribution is 2.57. The summed E-state index contributed by atoms with van der Waals surface area (Å²) >= 11 is 0. The van der Waals surface area contributed by atoms with Crippen LogP contribution in [0, 0.1) is 5.92 Å². The van der Waals surface area contributed by atoms with E-state index in [2.05, 4.69) is 75.9 Å². The third-order valence-electron chi connectivity index (χ3n) is 7.83. The predicted octanol–water partition coefficient (Wildman–Crippen LogP) is 8.18. The summed E-state index contributed by atoms with van der Waals surface area (Å²) < 4.78 is 0. The zero-order chi connectivity index (χ0) is 22.3. The van der Waals surface area contributed by atoms with Gasteiger partial charge >= 0.3 is 0 Å². The minimum absolute atomic E-state index is 0.267. The highest BCUT2D eigenvalue weighted by Gasteiger charge is 2.50. The summed E-state index contributed by atoms with van der Waals surface area (Å²) in [5.41, 5.74) is 12.3. The van der Waals surface area contributed by atoms with E-state index < -0.39 is 0 Å². The zero-order valence-corrected chi connectivity index (χ0v) is 19.6. The molecule has 0 bridgehead atoms. The van der Waals surface area contributed by atoms with Crippen LogP contribution in [-0.2, 0) is 18.3 Å². The molecule has 0 spiro atoms. The van der Waals surface area contributed by atoms with Crippen LogP contribution in [0.25, 0.3) is 28.0 Å². The molecule has 0 aliphatic heterocycles. The van der Waals surface area contributed by atoms with Gasteiger partial charge < -0.3 is 0 Å². The summed E-state index contributed by atoms with van der Waals surface area (Å²) in [6.45, 7) is 11.1. The molecule has 2 unspecified atom stereocenters. The van der Waals surface area contributed by atoms with Crippen LogP contribution in [0.2, 0.25) is 0 Å². The number of nitrogens with zero attached hydrogens (tertiary/aromatic N) is 1. The Balaban J connectivity index is 1.67. The second kappa shape index (κ2) is 8.20. The van der Waals surface area contributed by atoms with Gasteiger partial charge in [0.05, 0.1) is 5.69 Å². The molecular weight excluding hydrogens is 386 g/mol. The Morgan fingerprint density at radius 2 is 1.91 bits per heavy atom. The molecule has 3 aromatic rings. The molecule has 162 valence electrons. The molecule has 2 aliphatic rings. The summed E-state index contributed by atoms with van der Waals surface area (Å²) in [6.07, 6.45) is 12.1. The lowest BCUT2D eigenvalue weighted by Crippen LogP contribution is -2.07. The third-order valence-corrected chi connectivity index (χ3v) is 7.83. The SMILES string of the molecule is C=CC1=CCCc2c(CC)cc(-c3ccc(C4(C)CC4CC)c(-c4ccccn4)c3)cc21. The van der Waals surface area contributed by atoms with Crippen LogP contribution in [0.5, 0.6) is 0 Å². The molecule has 0 N–H and O–H groups in total. The molecule has 0 amide bonds. The first kappa shape index (κ1) is 20.9. The van der Waals surface area contributed by atoms with Gasteiger partial charge in [-0.1, -0.05) is 70.2 Å². The van der Waals surface area contributed by atoms with Crippen molar-refractivity contribution >= 4 is 5.57 Å². The Kier molecular flexibility index (Phi) is 5.37. The highest BCUT2D eigenvalue weighted by atomic mass is 14.7. The van der Waals surface area contributed by atoms with E-state index in [1.54, 1.807) is 0 Å². The van der Waals surface area contributed by atoms with Gasteiger partial charge in [-0.25, -0.2) is 0 Å². The third kappa shape index (κ3) is 3.45. The Morgan fingerprint density at radius 3 is 2.59 bits per heavy atom. The molecule has 0 radical (unpaired) electrons. The number of allylic oxidation sites excluding steroid dienone is 3. The molecule has 1 aromatic heterocycles. The van der Waals surface area contributed by atoms with Crippen LogP contribution in [0.3, 0.4) is 0 Å². The van der Waals surface area contributed by atoms with Gasteiger partial charge in [0.1, 0.15) is 0 Å². The molecule has 2 aliphatic carbocycles. The number of benzene rings is 2. The molecule has 5 rings (SSSR count). The smallest absolute Gasteiger partial charge is 0.0705 e. The molecule has 1 saturated carbocycles. The zero-order valence-electron chi connectivity index (χ0n) is 19.6. The number of hydrogen-bond acceptors (Lipinski definition) is 1. The Bertz CT molecular complexity index is 1200. The summed E-state index contributed by atoms with van der Waals surface area (Å²) in [4.78, 5) is 4.74. The van der Waals surface area contributed by atoms with Gasteiger partial charge in [-0.15, -0.1) is 0 Å². The van der Waals surface area contributed by atoms with Gasteiger partial charge in [-0.05, 0) is 100 Å². The number of pyridine rings is 1. The lowest BCUT2D eigenvalue weighted by Gasteiger charge is -2.22. The van der Waals surface area contributed by atoms with Crippen LogP contribution in [0.4, 0.5) is 0 Å². The second-order valence-corrected chi connectivity index (χ2v) is 9.62. The monoisotopic (exact) mass is 419 g/mol. The number of rotatable bonds is 6. The molecule has 2 atom stereocenters. The maximum atomic E-state index is 4.74. The van der Waals surface area contributed by atoms with Gasteiger partial charge in [-0.3, -0.25) is 4.98 Å². The van der Waals surface area contributed by atoms with Gasteiger partial charge in [0.15, 0.2) is 0 Å². The summed E-state index contributed by atoms with van der Waals surface area (Å²) in [5.74, 6) is 0.770. The average Bonchev–Trinajstić information content (AvgIpc) is 3.54. The molecule has 32 heavy (non-hydrogen) atoms. The molecule has 2 aromatic carbocycles. The van der Waals surface area contributed by atoms with E-state index in [9.17, 15) is 0 Å². The van der Waals surface area contributed by atoms with Crippen molar-refractivity contribution in [1.29, 1.82) is 0 Å². The maximum absolute atomic E-state index is 4.74. The van der Waals surface area contributed by atoms with Crippen LogP contribution >= 0.6 is 0 Å². The average molecular weight is 420 g/mol. The number of fused-ring (bicyclic) bond motifs is 1. The van der Waals surface area contributed by atoms with E-state index in [1.807, 2.05) is 18.3 Å². The van der Waals surface area contributed by atoms with Crippen molar-refractivity contribution < 1.29 is 0 Å². The first-order valence-corrected chi connectivity index (χ1v) is 12.1. The fraction of sp³-hybridized carbons (Fsp3) is 0.323. The van der Waals surface area contributed by atoms with Crippen LogP contribution < -0.4 is 0 Å². The lowest BCUT2D eigenvalue weighted by molar-refractivity contribution is 0.643. The minimum atomic E-state index is 0.267. The van der Waals surface area contributed by atoms with Crippen molar-refractivity contribution in [2.45, 2.75) is 58.3 Å². The van der Waals surface area contributed by atoms with E-state index in [1.165, 1.54) is 57.4 Å². The largest absolute Gasteiger partial charge is 0.256 e. The van der Waals surface area contributed by atoms with E-state index in [4.69, 9.17) is 4.98 Å². The fourth-order valence-corrected chi connectivity index (χ4v) is 5.78. The molecule has 0 saturated heterocycles. The first-order valence-electron chi connectivity index (χ1n) is 12.1. The number of hydrogen-bond donors (Lipinski definition) is 0. The minimum Gasteiger partial charge on any atom is -0.256 e. The molecule has 1 heteroatoms. The quantitative estimate of drug-likeness (QED) is 0.392. The van der Waals surface area contributed by atoms with E-state index in [-0.39, 0.29) is 5.41 Å². The van der Waals surface area contributed by atoms with Crippen molar-refractivity contribution in [1.82, 2.24) is 4.98 Å². The second-order valence-electron chi connectivity index (χ2n) is 9.62. The van der Waals surface area contributed by atoms with Crippen LogP contribution in [0.1, 0.15) is 62.3 Å². The molecule has 1 fully saturated rings. The van der Waals surface area contributed by atoms with Crippen LogP contribution in [-0.4, -0.2) is 4.98 Å². The molecule has 1 heterocycles. The Morgan fingerprint density at radius 1 is 1.06 bits per heavy atom. The lowest BCUT2D eigenvalue weighted by atomic mass is 9.82. The number of aryl methyl sites for hydroxylation is 1. The Hall–Kier alpha value is -2.93. The van der Waals surface area contributed by atoms with E-state index >= 15 is 0 Å². The number of aromatic nitrogens is 1. The topological polar surface area (TPSA) is 12.9 Å². The Labute approximate surface area is 192 Å². The van der Waals surface area contributed by atoms with Crippen molar-refractivity contribution in [3.05, 3.63) is 95.7 Å². The van der Waals surface area contributed by atoms with E-state index in [0.29, 0.717) is 0 Å². The van der Waals surface area contributed by atoms with Crippen molar-refractivity contribution in [3.63, 3.8) is 0 Å². The summed E-state index contributed by atoms with van der Waals surface area (Å²) in [6, 6.07) is 18.1. The van der Waals surface area contributed by atoms with Gasteiger partial charge in [-0.2, -0.15) is 0 Å². The highest BCUT2D eigenvalue weighted by molar-refractivity contribution is 5.83. The van der Waals surface area contributed by atoms with Gasteiger partial charge in [0, 0.05) is 11.8 Å². The summed E-state index contributed by atoms with van der Waals surface area (Å²) in [7, 11) is 0. The summed E-state index contributed by atoms with van der Waals surface area (Å²) in [5, 5.41) is 0. The fourth-order valence-electron chi connectivity index (χ4n) is 5.78.